The van der Waals surface area contributed by atoms with Crippen molar-refractivity contribution in [2.75, 3.05) is 19.8 Å². The Morgan fingerprint density at radius 1 is 1.28 bits per heavy atom. The Kier molecular flexibility index (Phi) is 5.41. The van der Waals surface area contributed by atoms with E-state index in [-0.39, 0.29) is 11.9 Å². The molecule has 1 saturated heterocycles. The zero-order chi connectivity index (χ0) is 17.1. The van der Waals surface area contributed by atoms with Crippen LogP contribution < -0.4 is 0 Å². The van der Waals surface area contributed by atoms with E-state index in [0.717, 1.165) is 49.7 Å². The lowest BCUT2D eigenvalue weighted by Crippen LogP contribution is -2.50. The van der Waals surface area contributed by atoms with Crippen LogP contribution in [0, 0.1) is 11.7 Å². The summed E-state index contributed by atoms with van der Waals surface area (Å²) in [5.74, 6) is 0.267. The minimum Gasteiger partial charge on any atom is -0.375 e. The van der Waals surface area contributed by atoms with Crippen molar-refractivity contribution < 1.29 is 13.9 Å². The zero-order valence-corrected chi connectivity index (χ0v) is 15.0. The van der Waals surface area contributed by atoms with Gasteiger partial charge in [0.2, 0.25) is 0 Å². The number of hydrogen-bond donors (Lipinski definition) is 0. The van der Waals surface area contributed by atoms with Crippen molar-refractivity contribution in [1.29, 1.82) is 0 Å². The van der Waals surface area contributed by atoms with E-state index in [1.165, 1.54) is 12.1 Å². The number of ether oxygens (including phenoxy) is 2. The summed E-state index contributed by atoms with van der Waals surface area (Å²) >= 11 is 1.63. The van der Waals surface area contributed by atoms with Gasteiger partial charge in [-0.15, -0.1) is 11.3 Å². The highest BCUT2D eigenvalue weighted by Crippen LogP contribution is 2.35. The van der Waals surface area contributed by atoms with Crippen molar-refractivity contribution in [2.24, 2.45) is 5.92 Å². The molecule has 4 rings (SSSR count). The molecule has 25 heavy (non-hydrogen) atoms. The van der Waals surface area contributed by atoms with E-state index in [1.807, 2.05) is 23.7 Å². The topological polar surface area (TPSA) is 34.6 Å². The molecule has 6 heteroatoms. The maximum Gasteiger partial charge on any atom is 0.123 e. The van der Waals surface area contributed by atoms with Crippen molar-refractivity contribution in [3.63, 3.8) is 0 Å². The van der Waals surface area contributed by atoms with Crippen LogP contribution in [0.25, 0.3) is 0 Å². The van der Waals surface area contributed by atoms with Crippen LogP contribution in [-0.2, 0) is 22.6 Å². The van der Waals surface area contributed by atoms with Gasteiger partial charge in [-0.05, 0) is 30.5 Å². The van der Waals surface area contributed by atoms with E-state index in [0.29, 0.717) is 18.6 Å². The number of rotatable bonds is 6. The molecule has 134 valence electrons. The Morgan fingerprint density at radius 2 is 2.16 bits per heavy atom. The fourth-order valence-corrected chi connectivity index (χ4v) is 4.51. The van der Waals surface area contributed by atoms with Crippen LogP contribution in [0.15, 0.2) is 35.8 Å². The predicted molar refractivity (Wildman–Crippen MR) is 94.8 cm³/mol. The molecule has 0 spiro atoms. The van der Waals surface area contributed by atoms with Crippen LogP contribution in [-0.4, -0.2) is 41.8 Å². The summed E-state index contributed by atoms with van der Waals surface area (Å²) in [7, 11) is 0. The van der Waals surface area contributed by atoms with Crippen LogP contribution in [0.5, 0.6) is 0 Å². The highest BCUT2D eigenvalue weighted by Gasteiger charge is 2.42. The van der Waals surface area contributed by atoms with Gasteiger partial charge in [0.1, 0.15) is 10.8 Å². The van der Waals surface area contributed by atoms with Crippen molar-refractivity contribution in [3.8, 4) is 0 Å². The number of thiazole rings is 1. The third-order valence-electron chi connectivity index (χ3n) is 5.17. The molecule has 1 aromatic heterocycles. The maximum absolute atomic E-state index is 13.1. The molecule has 3 atom stereocenters. The third kappa shape index (κ3) is 4.08. The molecule has 1 saturated carbocycles. The summed E-state index contributed by atoms with van der Waals surface area (Å²) in [5, 5.41) is 3.00. The molecule has 0 bridgehead atoms. The first-order chi connectivity index (χ1) is 12.3. The van der Waals surface area contributed by atoms with Gasteiger partial charge in [0, 0.05) is 36.6 Å². The molecule has 4 nitrogen and oxygen atoms in total. The summed E-state index contributed by atoms with van der Waals surface area (Å²) in [4.78, 5) is 6.74. The highest BCUT2D eigenvalue weighted by atomic mass is 32.1. The lowest BCUT2D eigenvalue weighted by atomic mass is 10.0. The Morgan fingerprint density at radius 3 is 2.96 bits per heavy atom. The summed E-state index contributed by atoms with van der Waals surface area (Å²) in [5.41, 5.74) is 1.16. The lowest BCUT2D eigenvalue weighted by molar-refractivity contribution is -0.0891. The van der Waals surface area contributed by atoms with Gasteiger partial charge in [0.05, 0.1) is 25.9 Å². The minimum atomic E-state index is -0.179. The smallest absolute Gasteiger partial charge is 0.123 e. The van der Waals surface area contributed by atoms with Crippen LogP contribution in [0.2, 0.25) is 0 Å². The number of hydrogen-bond acceptors (Lipinski definition) is 5. The van der Waals surface area contributed by atoms with E-state index in [1.54, 1.807) is 11.3 Å². The van der Waals surface area contributed by atoms with E-state index in [9.17, 15) is 4.39 Å². The molecular weight excluding hydrogens is 339 g/mol. The van der Waals surface area contributed by atoms with Gasteiger partial charge >= 0.3 is 0 Å². The number of benzene rings is 1. The summed E-state index contributed by atoms with van der Waals surface area (Å²) < 4.78 is 25.1. The van der Waals surface area contributed by atoms with E-state index in [4.69, 9.17) is 9.47 Å². The van der Waals surface area contributed by atoms with Gasteiger partial charge in [-0.1, -0.05) is 12.1 Å². The SMILES string of the molecule is Fc1ccc(CN2CCO[C@@H]3[C@H](COCc4nccs4)CC[C@@H]32)cc1. The minimum absolute atomic E-state index is 0.179. The highest BCUT2D eigenvalue weighted by molar-refractivity contribution is 7.09. The normalized spacial score (nSPS) is 26.7. The second kappa shape index (κ2) is 7.91. The predicted octanol–water partition coefficient (Wildman–Crippen LogP) is 3.48. The monoisotopic (exact) mass is 362 g/mol. The molecule has 2 fully saturated rings. The second-order valence-electron chi connectivity index (χ2n) is 6.78. The van der Waals surface area contributed by atoms with Gasteiger partial charge in [0.15, 0.2) is 0 Å². The first-order valence-corrected chi connectivity index (χ1v) is 9.74. The summed E-state index contributed by atoms with van der Waals surface area (Å²) in [6.07, 6.45) is 4.32. The van der Waals surface area contributed by atoms with Crippen molar-refractivity contribution in [1.82, 2.24) is 9.88 Å². The molecule has 0 unspecified atom stereocenters. The quantitative estimate of drug-likeness (QED) is 0.788. The average molecular weight is 362 g/mol. The average Bonchev–Trinajstić information content (AvgIpc) is 3.28. The Labute approximate surface area is 151 Å². The summed E-state index contributed by atoms with van der Waals surface area (Å²) in [6, 6.07) is 7.27. The molecule has 2 aromatic rings. The van der Waals surface area contributed by atoms with Crippen molar-refractivity contribution in [2.45, 2.75) is 38.1 Å². The van der Waals surface area contributed by atoms with Gasteiger partial charge < -0.3 is 9.47 Å². The van der Waals surface area contributed by atoms with Crippen LogP contribution >= 0.6 is 11.3 Å². The number of aromatic nitrogens is 1. The first-order valence-electron chi connectivity index (χ1n) is 8.86. The molecule has 1 aliphatic carbocycles. The number of nitrogens with zero attached hydrogens (tertiary/aromatic N) is 2. The summed E-state index contributed by atoms with van der Waals surface area (Å²) in [6.45, 7) is 3.87. The molecule has 2 aliphatic rings. The molecule has 0 N–H and O–H groups in total. The standard InChI is InChI=1S/C19H23FN2O2S/c20-16-4-1-14(2-5-16)11-22-8-9-24-19-15(3-6-17(19)22)12-23-13-18-21-7-10-25-18/h1-2,4-5,7,10,15,17,19H,3,6,8-9,11-13H2/t15-,17-,19+/m0/s1. The van der Waals surface area contributed by atoms with Crippen LogP contribution in [0.1, 0.15) is 23.4 Å². The van der Waals surface area contributed by atoms with E-state index >= 15 is 0 Å². The Hall–Kier alpha value is -1.34. The number of halogens is 1. The lowest BCUT2D eigenvalue weighted by Gasteiger charge is -2.39. The number of fused-ring (bicyclic) bond motifs is 1. The molecule has 1 aromatic carbocycles. The van der Waals surface area contributed by atoms with E-state index in [2.05, 4.69) is 9.88 Å². The molecule has 0 amide bonds. The first kappa shape index (κ1) is 17.1. The van der Waals surface area contributed by atoms with Crippen LogP contribution in [0.3, 0.4) is 0 Å². The number of morpholine rings is 1. The van der Waals surface area contributed by atoms with Crippen LogP contribution in [0.4, 0.5) is 4.39 Å². The third-order valence-corrected chi connectivity index (χ3v) is 5.93. The van der Waals surface area contributed by atoms with Gasteiger partial charge in [-0.2, -0.15) is 0 Å². The molecule has 0 radical (unpaired) electrons. The largest absolute Gasteiger partial charge is 0.375 e. The van der Waals surface area contributed by atoms with Crippen molar-refractivity contribution >= 4 is 11.3 Å². The van der Waals surface area contributed by atoms with Gasteiger partial charge in [0.25, 0.3) is 0 Å². The molecular formula is C19H23FN2O2S. The van der Waals surface area contributed by atoms with Gasteiger partial charge in [-0.3, -0.25) is 4.90 Å². The fraction of sp³-hybridized carbons (Fsp3) is 0.526. The molecule has 2 heterocycles. The van der Waals surface area contributed by atoms with Crippen molar-refractivity contribution in [3.05, 3.63) is 52.2 Å². The Bertz CT molecular complexity index is 665. The zero-order valence-electron chi connectivity index (χ0n) is 14.1. The van der Waals surface area contributed by atoms with E-state index < -0.39 is 0 Å². The molecule has 1 aliphatic heterocycles. The van der Waals surface area contributed by atoms with Gasteiger partial charge in [-0.25, -0.2) is 9.37 Å². The maximum atomic E-state index is 13.1. The second-order valence-corrected chi connectivity index (χ2v) is 7.76. The Balaban J connectivity index is 1.32. The fourth-order valence-electron chi connectivity index (χ4n) is 3.96.